The molecule has 5 heteroatoms. The van der Waals surface area contributed by atoms with Crippen LogP contribution in [-0.4, -0.2) is 41.0 Å². The first-order valence-electron chi connectivity index (χ1n) is 6.73. The molecule has 0 radical (unpaired) electrons. The van der Waals surface area contributed by atoms with Crippen molar-refractivity contribution >= 4 is 17.4 Å². The summed E-state index contributed by atoms with van der Waals surface area (Å²) in [6.07, 6.45) is 5.65. The average molecular weight is 267 g/mol. The van der Waals surface area contributed by atoms with Crippen LogP contribution in [-0.2, 0) is 12.8 Å². The van der Waals surface area contributed by atoms with Crippen molar-refractivity contribution in [2.45, 2.75) is 38.1 Å². The highest BCUT2D eigenvalue weighted by Crippen LogP contribution is 2.28. The van der Waals surface area contributed by atoms with Gasteiger partial charge in [0.15, 0.2) is 0 Å². The summed E-state index contributed by atoms with van der Waals surface area (Å²) in [5, 5.41) is 3.96. The fraction of sp³-hybridized carbons (Fsp3) is 0.692. The van der Waals surface area contributed by atoms with Gasteiger partial charge in [-0.2, -0.15) is 0 Å². The fourth-order valence-corrected chi connectivity index (χ4v) is 3.05. The lowest BCUT2D eigenvalue weighted by Crippen LogP contribution is -2.37. The van der Waals surface area contributed by atoms with Crippen molar-refractivity contribution in [1.29, 1.82) is 0 Å². The molecule has 1 N–H and O–H groups in total. The van der Waals surface area contributed by atoms with Gasteiger partial charge >= 0.3 is 0 Å². The maximum Gasteiger partial charge on any atom is 0.224 e. The van der Waals surface area contributed by atoms with Crippen LogP contribution in [0.25, 0.3) is 0 Å². The summed E-state index contributed by atoms with van der Waals surface area (Å²) < 4.78 is 0. The van der Waals surface area contributed by atoms with Gasteiger partial charge in [-0.15, -0.1) is 0 Å². The number of hydrogen-bond donors (Lipinski definition) is 1. The van der Waals surface area contributed by atoms with Gasteiger partial charge in [-0.3, -0.25) is 0 Å². The van der Waals surface area contributed by atoms with Crippen LogP contribution < -0.4 is 5.32 Å². The summed E-state index contributed by atoms with van der Waals surface area (Å²) in [4.78, 5) is 11.1. The van der Waals surface area contributed by atoms with Gasteiger partial charge in [-0.25, -0.2) is 9.97 Å². The van der Waals surface area contributed by atoms with Crippen molar-refractivity contribution in [2.24, 2.45) is 0 Å². The Morgan fingerprint density at radius 3 is 2.78 bits per heavy atom. The fourth-order valence-electron chi connectivity index (χ4n) is 2.87. The Morgan fingerprint density at radius 1 is 1.22 bits per heavy atom. The van der Waals surface area contributed by atoms with Crippen LogP contribution in [0.15, 0.2) is 0 Å². The number of aryl methyl sites for hydroxylation is 1. The Morgan fingerprint density at radius 2 is 2.00 bits per heavy atom. The third-order valence-electron chi connectivity index (χ3n) is 3.97. The lowest BCUT2D eigenvalue weighted by molar-refractivity contribution is 0.263. The molecule has 0 saturated carbocycles. The number of piperidine rings is 1. The second-order valence-electron chi connectivity index (χ2n) is 5.34. The molecule has 0 atom stereocenters. The molecular weight excluding hydrogens is 248 g/mol. The number of nitrogens with one attached hydrogen (secondary N) is 1. The van der Waals surface area contributed by atoms with E-state index < -0.39 is 0 Å². The second-order valence-corrected chi connectivity index (χ2v) is 5.68. The molecule has 2 heterocycles. The maximum absolute atomic E-state index is 6.00. The average Bonchev–Trinajstić information content (AvgIpc) is 2.80. The predicted molar refractivity (Wildman–Crippen MR) is 73.2 cm³/mol. The lowest BCUT2D eigenvalue weighted by atomic mass is 10.1. The zero-order valence-corrected chi connectivity index (χ0v) is 11.5. The number of hydrogen-bond acceptors (Lipinski definition) is 4. The van der Waals surface area contributed by atoms with Crippen molar-refractivity contribution in [2.75, 3.05) is 25.5 Å². The summed E-state index contributed by atoms with van der Waals surface area (Å²) in [5.74, 6) is 0.983. The largest absolute Gasteiger partial charge is 0.367 e. The van der Waals surface area contributed by atoms with E-state index in [2.05, 4.69) is 27.2 Å². The molecule has 1 aromatic rings. The van der Waals surface area contributed by atoms with E-state index in [1.54, 1.807) is 0 Å². The Kier molecular flexibility index (Phi) is 3.39. The topological polar surface area (TPSA) is 41.0 Å². The highest BCUT2D eigenvalue weighted by molar-refractivity contribution is 6.28. The minimum atomic E-state index is 0.381. The highest BCUT2D eigenvalue weighted by Gasteiger charge is 2.22. The Bertz CT molecular complexity index is 441. The van der Waals surface area contributed by atoms with Crippen LogP contribution in [0.3, 0.4) is 0 Å². The molecule has 0 aromatic carbocycles. The minimum Gasteiger partial charge on any atom is -0.367 e. The molecule has 0 bridgehead atoms. The number of aromatic nitrogens is 2. The standard InChI is InChI=1S/C13H19ClN4/c1-18-7-5-9(6-8-18)15-12-10-3-2-4-11(10)16-13(14)17-12/h9H,2-8H2,1H3,(H,15,16,17). The molecule has 98 valence electrons. The first-order valence-corrected chi connectivity index (χ1v) is 7.10. The normalized spacial score (nSPS) is 21.0. The van der Waals surface area contributed by atoms with Crippen LogP contribution in [0.2, 0.25) is 5.28 Å². The molecule has 0 unspecified atom stereocenters. The van der Waals surface area contributed by atoms with Crippen LogP contribution in [0.1, 0.15) is 30.5 Å². The quantitative estimate of drug-likeness (QED) is 0.833. The summed E-state index contributed by atoms with van der Waals surface area (Å²) in [6, 6.07) is 0.525. The number of halogens is 1. The van der Waals surface area contributed by atoms with Crippen LogP contribution >= 0.6 is 11.6 Å². The summed E-state index contributed by atoms with van der Waals surface area (Å²) in [7, 11) is 2.18. The SMILES string of the molecule is CN1CCC(Nc2nc(Cl)nc3c2CCC3)CC1. The van der Waals surface area contributed by atoms with E-state index in [-0.39, 0.29) is 0 Å². The molecule has 1 aromatic heterocycles. The van der Waals surface area contributed by atoms with E-state index >= 15 is 0 Å². The van der Waals surface area contributed by atoms with Gasteiger partial charge in [0, 0.05) is 11.6 Å². The monoisotopic (exact) mass is 266 g/mol. The maximum atomic E-state index is 6.00. The zero-order chi connectivity index (χ0) is 12.5. The summed E-state index contributed by atoms with van der Waals surface area (Å²) >= 11 is 6.00. The van der Waals surface area contributed by atoms with Crippen LogP contribution in [0, 0.1) is 0 Å². The van der Waals surface area contributed by atoms with E-state index in [0.29, 0.717) is 11.3 Å². The van der Waals surface area contributed by atoms with Gasteiger partial charge in [0.1, 0.15) is 5.82 Å². The Balaban J connectivity index is 1.76. The van der Waals surface area contributed by atoms with Gasteiger partial charge < -0.3 is 10.2 Å². The van der Waals surface area contributed by atoms with E-state index in [1.807, 2.05) is 0 Å². The van der Waals surface area contributed by atoms with E-state index in [0.717, 1.165) is 37.4 Å². The number of likely N-dealkylation sites (tertiary alicyclic amines) is 1. The summed E-state index contributed by atoms with van der Waals surface area (Å²) in [6.45, 7) is 2.30. The first kappa shape index (κ1) is 12.2. The third-order valence-corrected chi connectivity index (χ3v) is 4.13. The molecule has 1 saturated heterocycles. The second kappa shape index (κ2) is 5.02. The molecular formula is C13H19ClN4. The lowest BCUT2D eigenvalue weighted by Gasteiger charge is -2.30. The van der Waals surface area contributed by atoms with E-state index in [4.69, 9.17) is 11.6 Å². The molecule has 1 aliphatic carbocycles. The van der Waals surface area contributed by atoms with Crippen LogP contribution in [0.4, 0.5) is 5.82 Å². The number of rotatable bonds is 2. The number of anilines is 1. The Labute approximate surface area is 113 Å². The van der Waals surface area contributed by atoms with Gasteiger partial charge in [0.25, 0.3) is 0 Å². The molecule has 4 nitrogen and oxygen atoms in total. The van der Waals surface area contributed by atoms with Crippen LogP contribution in [0.5, 0.6) is 0 Å². The summed E-state index contributed by atoms with van der Waals surface area (Å²) in [5.41, 5.74) is 2.43. The van der Waals surface area contributed by atoms with Gasteiger partial charge in [0.05, 0.1) is 5.69 Å². The van der Waals surface area contributed by atoms with Crippen molar-refractivity contribution in [3.8, 4) is 0 Å². The molecule has 0 amide bonds. The first-order chi connectivity index (χ1) is 8.72. The highest BCUT2D eigenvalue weighted by atomic mass is 35.5. The van der Waals surface area contributed by atoms with Crippen molar-refractivity contribution < 1.29 is 0 Å². The number of fused-ring (bicyclic) bond motifs is 1. The van der Waals surface area contributed by atoms with Crippen molar-refractivity contribution in [3.05, 3.63) is 16.5 Å². The molecule has 0 spiro atoms. The smallest absolute Gasteiger partial charge is 0.224 e. The van der Waals surface area contributed by atoms with E-state index in [1.165, 1.54) is 24.8 Å². The Hall–Kier alpha value is -0.870. The minimum absolute atomic E-state index is 0.381. The molecule has 1 fully saturated rings. The van der Waals surface area contributed by atoms with Crippen molar-refractivity contribution in [3.63, 3.8) is 0 Å². The third kappa shape index (κ3) is 2.45. The molecule has 3 rings (SSSR count). The van der Waals surface area contributed by atoms with Gasteiger partial charge in [-0.05, 0) is 63.8 Å². The van der Waals surface area contributed by atoms with E-state index in [9.17, 15) is 0 Å². The zero-order valence-electron chi connectivity index (χ0n) is 10.7. The predicted octanol–water partition coefficient (Wildman–Crippen LogP) is 2.12. The molecule has 1 aliphatic heterocycles. The molecule has 2 aliphatic rings. The van der Waals surface area contributed by atoms with Gasteiger partial charge in [-0.1, -0.05) is 0 Å². The van der Waals surface area contributed by atoms with Gasteiger partial charge in [0.2, 0.25) is 5.28 Å². The van der Waals surface area contributed by atoms with Crippen molar-refractivity contribution in [1.82, 2.24) is 14.9 Å². The molecule has 18 heavy (non-hydrogen) atoms. The number of nitrogens with zero attached hydrogens (tertiary/aromatic N) is 3.